The van der Waals surface area contributed by atoms with Gasteiger partial charge in [0.05, 0.1) is 18.6 Å². The Balaban J connectivity index is 1.52. The highest BCUT2D eigenvalue weighted by Gasteiger charge is 2.30. The van der Waals surface area contributed by atoms with Gasteiger partial charge in [-0.15, -0.1) is 0 Å². The number of benzene rings is 1. The lowest BCUT2D eigenvalue weighted by Gasteiger charge is -2.37. The molecule has 3 rings (SSSR count). The van der Waals surface area contributed by atoms with Gasteiger partial charge in [-0.2, -0.15) is 0 Å². The van der Waals surface area contributed by atoms with E-state index in [1.54, 1.807) is 7.11 Å². The van der Waals surface area contributed by atoms with E-state index in [9.17, 15) is 8.42 Å². The van der Waals surface area contributed by atoms with Crippen LogP contribution in [0.25, 0.3) is 0 Å². The van der Waals surface area contributed by atoms with Crippen LogP contribution in [0.1, 0.15) is 6.42 Å². The summed E-state index contributed by atoms with van der Waals surface area (Å²) in [6.07, 6.45) is 0.832. The summed E-state index contributed by atoms with van der Waals surface area (Å²) in [5, 5.41) is 0. The molecule has 0 saturated carbocycles. The Morgan fingerprint density at radius 2 is 2.00 bits per heavy atom. The molecule has 1 unspecified atom stereocenters. The zero-order valence-corrected chi connectivity index (χ0v) is 13.9. The minimum atomic E-state index is -2.76. The average Bonchev–Trinajstić information content (AvgIpc) is 2.87. The van der Waals surface area contributed by atoms with Crippen molar-refractivity contribution in [2.45, 2.75) is 6.42 Å². The molecule has 2 heterocycles. The van der Waals surface area contributed by atoms with Crippen molar-refractivity contribution >= 4 is 15.5 Å². The van der Waals surface area contributed by atoms with E-state index in [1.165, 1.54) is 5.69 Å². The van der Waals surface area contributed by atoms with Gasteiger partial charge in [0.25, 0.3) is 0 Å². The van der Waals surface area contributed by atoms with Crippen LogP contribution in [0, 0.1) is 5.92 Å². The van der Waals surface area contributed by atoms with Crippen molar-refractivity contribution in [1.29, 1.82) is 0 Å². The molecule has 2 aliphatic heterocycles. The summed E-state index contributed by atoms with van der Waals surface area (Å²) in [5.41, 5.74) is 1.20. The second-order valence-electron chi connectivity index (χ2n) is 6.26. The van der Waals surface area contributed by atoms with Crippen molar-refractivity contribution in [1.82, 2.24) is 4.90 Å². The first-order valence-electron chi connectivity index (χ1n) is 7.87. The molecule has 0 aromatic heterocycles. The molecular weight excluding hydrogens is 300 g/mol. The maximum absolute atomic E-state index is 11.5. The third-order valence-electron chi connectivity index (χ3n) is 4.63. The number of piperazine rings is 1. The lowest BCUT2D eigenvalue weighted by atomic mass is 10.1. The first kappa shape index (κ1) is 15.6. The highest BCUT2D eigenvalue weighted by Crippen LogP contribution is 2.24. The molecule has 1 atom stereocenters. The summed E-state index contributed by atoms with van der Waals surface area (Å²) in [5.74, 6) is 1.97. The first-order chi connectivity index (χ1) is 10.6. The van der Waals surface area contributed by atoms with E-state index >= 15 is 0 Å². The predicted molar refractivity (Wildman–Crippen MR) is 88.4 cm³/mol. The van der Waals surface area contributed by atoms with E-state index < -0.39 is 9.84 Å². The molecule has 22 heavy (non-hydrogen) atoms. The van der Waals surface area contributed by atoms with Gasteiger partial charge in [-0.3, -0.25) is 4.90 Å². The van der Waals surface area contributed by atoms with E-state index in [0.29, 0.717) is 17.4 Å². The van der Waals surface area contributed by atoms with Gasteiger partial charge in [-0.05, 0) is 24.5 Å². The van der Waals surface area contributed by atoms with Gasteiger partial charge in [-0.1, -0.05) is 6.07 Å². The smallest absolute Gasteiger partial charge is 0.150 e. The molecule has 6 heteroatoms. The second-order valence-corrected chi connectivity index (χ2v) is 8.49. The Kier molecular flexibility index (Phi) is 4.59. The fourth-order valence-corrected chi connectivity index (χ4v) is 5.23. The molecule has 2 fully saturated rings. The normalized spacial score (nSPS) is 25.3. The van der Waals surface area contributed by atoms with Crippen LogP contribution >= 0.6 is 0 Å². The maximum atomic E-state index is 11.5. The number of methoxy groups -OCH3 is 1. The van der Waals surface area contributed by atoms with Crippen LogP contribution in [0.5, 0.6) is 5.75 Å². The molecule has 0 amide bonds. The maximum Gasteiger partial charge on any atom is 0.150 e. The Morgan fingerprint density at radius 3 is 2.64 bits per heavy atom. The average molecular weight is 324 g/mol. The van der Waals surface area contributed by atoms with Crippen LogP contribution < -0.4 is 9.64 Å². The summed E-state index contributed by atoms with van der Waals surface area (Å²) >= 11 is 0. The highest BCUT2D eigenvalue weighted by atomic mass is 32.2. The van der Waals surface area contributed by atoms with Crippen LogP contribution in [0.2, 0.25) is 0 Å². The van der Waals surface area contributed by atoms with Crippen LogP contribution in [-0.2, 0) is 9.84 Å². The van der Waals surface area contributed by atoms with Gasteiger partial charge in [0.15, 0.2) is 9.84 Å². The number of hydrogen-bond donors (Lipinski definition) is 0. The fraction of sp³-hybridized carbons (Fsp3) is 0.625. The van der Waals surface area contributed by atoms with Crippen molar-refractivity contribution in [2.75, 3.05) is 56.2 Å². The van der Waals surface area contributed by atoms with E-state index in [4.69, 9.17) is 4.74 Å². The first-order valence-corrected chi connectivity index (χ1v) is 9.70. The van der Waals surface area contributed by atoms with Crippen molar-refractivity contribution in [3.8, 4) is 5.75 Å². The monoisotopic (exact) mass is 324 g/mol. The number of nitrogens with zero attached hydrogens (tertiary/aromatic N) is 2. The van der Waals surface area contributed by atoms with Gasteiger partial charge >= 0.3 is 0 Å². The zero-order chi connectivity index (χ0) is 15.6. The van der Waals surface area contributed by atoms with Gasteiger partial charge in [-0.25, -0.2) is 8.42 Å². The standard InChI is InChI=1S/C16H24N2O3S/c1-21-16-4-2-3-15(11-16)18-8-6-17(7-9-18)12-14-5-10-22(19,20)13-14/h2-4,11,14H,5-10,12-13H2,1H3. The van der Waals surface area contributed by atoms with Crippen LogP contribution in [0.3, 0.4) is 0 Å². The summed E-state index contributed by atoms with van der Waals surface area (Å²) in [6, 6.07) is 8.16. The lowest BCUT2D eigenvalue weighted by molar-refractivity contribution is 0.227. The minimum absolute atomic E-state index is 0.327. The molecule has 2 aliphatic rings. The fourth-order valence-electron chi connectivity index (χ4n) is 3.38. The van der Waals surface area contributed by atoms with Crippen LogP contribution in [0.4, 0.5) is 5.69 Å². The molecule has 0 spiro atoms. The molecule has 5 nitrogen and oxygen atoms in total. The van der Waals surface area contributed by atoms with Crippen molar-refractivity contribution in [3.05, 3.63) is 24.3 Å². The molecule has 1 aromatic carbocycles. The Hall–Kier alpha value is -1.27. The predicted octanol–water partition coefficient (Wildman–Crippen LogP) is 1.25. The molecular formula is C16H24N2O3S. The summed E-state index contributed by atoms with van der Waals surface area (Å²) in [6.45, 7) is 4.87. The molecule has 1 aromatic rings. The van der Waals surface area contributed by atoms with Crippen molar-refractivity contribution in [3.63, 3.8) is 0 Å². The number of hydrogen-bond acceptors (Lipinski definition) is 5. The minimum Gasteiger partial charge on any atom is -0.497 e. The molecule has 122 valence electrons. The summed E-state index contributed by atoms with van der Waals surface area (Å²) in [7, 11) is -1.07. The van der Waals surface area contributed by atoms with E-state index in [-0.39, 0.29) is 0 Å². The molecule has 0 aliphatic carbocycles. The molecule has 2 saturated heterocycles. The lowest BCUT2D eigenvalue weighted by Crippen LogP contribution is -2.47. The second kappa shape index (κ2) is 6.46. The summed E-state index contributed by atoms with van der Waals surface area (Å²) < 4.78 is 28.4. The number of anilines is 1. The van der Waals surface area contributed by atoms with Gasteiger partial charge in [0.2, 0.25) is 0 Å². The largest absolute Gasteiger partial charge is 0.497 e. The molecule has 0 bridgehead atoms. The third kappa shape index (κ3) is 3.73. The van der Waals surface area contributed by atoms with E-state index in [1.807, 2.05) is 12.1 Å². The Labute approximate surface area is 132 Å². The third-order valence-corrected chi connectivity index (χ3v) is 6.47. The van der Waals surface area contributed by atoms with E-state index in [0.717, 1.165) is 44.9 Å². The Morgan fingerprint density at radius 1 is 1.23 bits per heavy atom. The topological polar surface area (TPSA) is 49.9 Å². The van der Waals surface area contributed by atoms with E-state index in [2.05, 4.69) is 21.9 Å². The van der Waals surface area contributed by atoms with Gasteiger partial charge in [0, 0.05) is 44.5 Å². The van der Waals surface area contributed by atoms with Crippen LogP contribution in [0.15, 0.2) is 24.3 Å². The number of sulfone groups is 1. The number of rotatable bonds is 4. The van der Waals surface area contributed by atoms with Gasteiger partial charge in [0.1, 0.15) is 5.75 Å². The molecule has 0 radical (unpaired) electrons. The highest BCUT2D eigenvalue weighted by molar-refractivity contribution is 7.91. The molecule has 0 N–H and O–H groups in total. The van der Waals surface area contributed by atoms with Crippen LogP contribution in [-0.4, -0.2) is 64.7 Å². The Bertz CT molecular complexity index is 610. The number of ether oxygens (including phenoxy) is 1. The SMILES string of the molecule is COc1cccc(N2CCN(CC3CCS(=O)(=O)C3)CC2)c1. The van der Waals surface area contributed by atoms with Crippen molar-refractivity contribution < 1.29 is 13.2 Å². The quantitative estimate of drug-likeness (QED) is 0.834. The van der Waals surface area contributed by atoms with Crippen molar-refractivity contribution in [2.24, 2.45) is 5.92 Å². The van der Waals surface area contributed by atoms with Gasteiger partial charge < -0.3 is 9.64 Å². The summed E-state index contributed by atoms with van der Waals surface area (Å²) in [4.78, 5) is 4.77. The zero-order valence-electron chi connectivity index (χ0n) is 13.1.